The van der Waals surface area contributed by atoms with Gasteiger partial charge in [0, 0.05) is 17.9 Å². The van der Waals surface area contributed by atoms with Crippen molar-refractivity contribution in [3.8, 4) is 11.5 Å². The van der Waals surface area contributed by atoms with Gasteiger partial charge in [0.05, 0.1) is 12.7 Å². The van der Waals surface area contributed by atoms with E-state index >= 15 is 0 Å². The second kappa shape index (κ2) is 11.7. The van der Waals surface area contributed by atoms with Crippen LogP contribution in [0, 0.1) is 5.92 Å². The average molecular weight is 443 g/mol. The van der Waals surface area contributed by atoms with Crippen molar-refractivity contribution in [2.75, 3.05) is 25.1 Å². The van der Waals surface area contributed by atoms with Gasteiger partial charge in [-0.1, -0.05) is 19.9 Å². The number of carbonyl (C=O) groups excluding carboxylic acids is 1. The molecule has 0 aromatic heterocycles. The number of ether oxygens (including phenoxy) is 3. The molecule has 1 saturated heterocycles. The Morgan fingerprint density at radius 1 is 1.16 bits per heavy atom. The number of hydrogen-bond donors (Lipinski definition) is 2. The van der Waals surface area contributed by atoms with E-state index in [0.29, 0.717) is 30.4 Å². The molecule has 1 amide bonds. The van der Waals surface area contributed by atoms with E-state index in [1.807, 2.05) is 30.3 Å². The molecule has 31 heavy (non-hydrogen) atoms. The zero-order chi connectivity index (χ0) is 22.1. The first-order chi connectivity index (χ1) is 15.0. The highest BCUT2D eigenvalue weighted by Gasteiger charge is 2.16. The Hall–Kier alpha value is -2.64. The molecule has 1 aliphatic rings. The smallest absolute Gasteiger partial charge is 0.257 e. The molecule has 6 nitrogen and oxygen atoms in total. The van der Waals surface area contributed by atoms with Crippen LogP contribution in [0.25, 0.3) is 0 Å². The van der Waals surface area contributed by atoms with Crippen LogP contribution in [0.4, 0.5) is 5.69 Å². The second-order valence-corrected chi connectivity index (χ2v) is 8.35. The maximum atomic E-state index is 12.5. The molecule has 166 valence electrons. The Kier molecular flexibility index (Phi) is 8.67. The van der Waals surface area contributed by atoms with E-state index < -0.39 is 0 Å². The third-order valence-electron chi connectivity index (χ3n) is 4.86. The lowest BCUT2D eigenvalue weighted by Gasteiger charge is -2.13. The molecule has 3 rings (SSSR count). The van der Waals surface area contributed by atoms with Crippen LogP contribution in [0.15, 0.2) is 48.5 Å². The standard InChI is InChI=1S/C24H30N2O4S/c1-17(2)12-14-29-21-6-3-5-18(15-21)23(27)26-24(31)25-19-8-10-20(11-9-19)30-16-22-7-4-13-28-22/h3,5-6,8-11,15,17,22H,4,7,12-14,16H2,1-2H3,(H2,25,26,27,31). The van der Waals surface area contributed by atoms with Crippen LogP contribution in [0.3, 0.4) is 0 Å². The number of carbonyl (C=O) groups is 1. The number of nitrogens with one attached hydrogen (secondary N) is 2. The van der Waals surface area contributed by atoms with Gasteiger partial charge in [0.15, 0.2) is 5.11 Å². The van der Waals surface area contributed by atoms with Gasteiger partial charge < -0.3 is 19.5 Å². The van der Waals surface area contributed by atoms with Crippen molar-refractivity contribution < 1.29 is 19.0 Å². The van der Waals surface area contributed by atoms with E-state index in [0.717, 1.165) is 37.3 Å². The van der Waals surface area contributed by atoms with Crippen LogP contribution in [0.1, 0.15) is 43.5 Å². The van der Waals surface area contributed by atoms with Crippen molar-refractivity contribution in [2.24, 2.45) is 5.92 Å². The summed E-state index contributed by atoms with van der Waals surface area (Å²) < 4.78 is 17.0. The Balaban J connectivity index is 1.45. The summed E-state index contributed by atoms with van der Waals surface area (Å²) in [6, 6.07) is 14.5. The highest BCUT2D eigenvalue weighted by Crippen LogP contribution is 2.19. The zero-order valence-electron chi connectivity index (χ0n) is 18.1. The Bertz CT molecular complexity index is 864. The van der Waals surface area contributed by atoms with Gasteiger partial charge in [0.2, 0.25) is 0 Å². The molecule has 0 spiro atoms. The Labute approximate surface area is 189 Å². The summed E-state index contributed by atoms with van der Waals surface area (Å²) in [4.78, 5) is 12.5. The minimum atomic E-state index is -0.289. The molecule has 1 aliphatic heterocycles. The van der Waals surface area contributed by atoms with Gasteiger partial charge in [-0.05, 0) is 79.9 Å². The molecule has 2 aromatic rings. The van der Waals surface area contributed by atoms with Crippen molar-refractivity contribution in [1.29, 1.82) is 0 Å². The molecule has 1 atom stereocenters. The Morgan fingerprint density at radius 3 is 2.68 bits per heavy atom. The minimum absolute atomic E-state index is 0.180. The number of benzene rings is 2. The number of amides is 1. The summed E-state index contributed by atoms with van der Waals surface area (Å²) in [5, 5.41) is 5.94. The molecule has 1 unspecified atom stereocenters. The number of thiocarbonyl (C=S) groups is 1. The summed E-state index contributed by atoms with van der Waals surface area (Å²) in [6.07, 6.45) is 3.28. The van der Waals surface area contributed by atoms with Crippen LogP contribution in [0.2, 0.25) is 0 Å². The number of rotatable bonds is 9. The third kappa shape index (κ3) is 7.84. The highest BCUT2D eigenvalue weighted by molar-refractivity contribution is 7.80. The first kappa shape index (κ1) is 23.0. The van der Waals surface area contributed by atoms with Crippen molar-refractivity contribution in [2.45, 2.75) is 39.2 Å². The first-order valence-electron chi connectivity index (χ1n) is 10.7. The topological polar surface area (TPSA) is 68.8 Å². The van der Waals surface area contributed by atoms with Gasteiger partial charge in [-0.25, -0.2) is 0 Å². The summed E-state index contributed by atoms with van der Waals surface area (Å²) in [5.74, 6) is 1.72. The summed E-state index contributed by atoms with van der Waals surface area (Å²) in [7, 11) is 0. The zero-order valence-corrected chi connectivity index (χ0v) is 18.9. The predicted octanol–water partition coefficient (Wildman–Crippen LogP) is 4.80. The molecule has 2 N–H and O–H groups in total. The fraction of sp³-hybridized carbons (Fsp3) is 0.417. The predicted molar refractivity (Wildman–Crippen MR) is 126 cm³/mol. The minimum Gasteiger partial charge on any atom is -0.494 e. The van der Waals surface area contributed by atoms with Gasteiger partial charge in [-0.3, -0.25) is 10.1 Å². The molecule has 1 heterocycles. The molecular weight excluding hydrogens is 412 g/mol. The van der Waals surface area contributed by atoms with Crippen molar-refractivity contribution in [3.63, 3.8) is 0 Å². The molecule has 0 saturated carbocycles. The molecule has 1 fully saturated rings. The highest BCUT2D eigenvalue weighted by atomic mass is 32.1. The fourth-order valence-electron chi connectivity index (χ4n) is 3.08. The van der Waals surface area contributed by atoms with Crippen molar-refractivity contribution in [3.05, 3.63) is 54.1 Å². The SMILES string of the molecule is CC(C)CCOc1cccc(C(=O)NC(=S)Nc2ccc(OCC3CCCO3)cc2)c1. The second-order valence-electron chi connectivity index (χ2n) is 7.94. The summed E-state index contributed by atoms with van der Waals surface area (Å²) in [6.45, 7) is 6.29. The van der Waals surface area contributed by atoms with Gasteiger partial charge in [-0.15, -0.1) is 0 Å². The average Bonchev–Trinajstić information content (AvgIpc) is 3.27. The summed E-state index contributed by atoms with van der Waals surface area (Å²) >= 11 is 5.28. The maximum absolute atomic E-state index is 12.5. The molecule has 0 aliphatic carbocycles. The quantitative estimate of drug-likeness (QED) is 0.544. The largest absolute Gasteiger partial charge is 0.494 e. The first-order valence-corrected chi connectivity index (χ1v) is 11.1. The van der Waals surface area contributed by atoms with E-state index in [2.05, 4.69) is 24.5 Å². The van der Waals surface area contributed by atoms with Crippen molar-refractivity contribution in [1.82, 2.24) is 5.32 Å². The number of hydrogen-bond acceptors (Lipinski definition) is 5. The third-order valence-corrected chi connectivity index (χ3v) is 5.06. The van der Waals surface area contributed by atoms with Crippen LogP contribution >= 0.6 is 12.2 Å². The van der Waals surface area contributed by atoms with E-state index in [1.54, 1.807) is 18.2 Å². The number of anilines is 1. The Morgan fingerprint density at radius 2 is 1.97 bits per heavy atom. The fourth-order valence-corrected chi connectivity index (χ4v) is 3.29. The van der Waals surface area contributed by atoms with Gasteiger partial charge in [0.1, 0.15) is 18.1 Å². The molecule has 0 bridgehead atoms. The van der Waals surface area contributed by atoms with Crippen LogP contribution in [-0.2, 0) is 4.74 Å². The molecular formula is C24H30N2O4S. The molecule has 0 radical (unpaired) electrons. The van der Waals surface area contributed by atoms with Crippen LogP contribution in [-0.4, -0.2) is 36.9 Å². The van der Waals surface area contributed by atoms with E-state index in [9.17, 15) is 4.79 Å². The van der Waals surface area contributed by atoms with Gasteiger partial charge in [0.25, 0.3) is 5.91 Å². The monoisotopic (exact) mass is 442 g/mol. The lowest BCUT2D eigenvalue weighted by atomic mass is 10.1. The normalized spacial score (nSPS) is 15.5. The lowest BCUT2D eigenvalue weighted by Crippen LogP contribution is -2.34. The summed E-state index contributed by atoms with van der Waals surface area (Å²) in [5.41, 5.74) is 1.25. The van der Waals surface area contributed by atoms with E-state index in [-0.39, 0.29) is 17.1 Å². The van der Waals surface area contributed by atoms with E-state index in [4.69, 9.17) is 26.4 Å². The van der Waals surface area contributed by atoms with Gasteiger partial charge >= 0.3 is 0 Å². The molecule has 2 aromatic carbocycles. The van der Waals surface area contributed by atoms with Crippen molar-refractivity contribution >= 4 is 28.9 Å². The lowest BCUT2D eigenvalue weighted by molar-refractivity contribution is 0.0679. The van der Waals surface area contributed by atoms with E-state index in [1.165, 1.54) is 0 Å². The van der Waals surface area contributed by atoms with Crippen LogP contribution < -0.4 is 20.1 Å². The van der Waals surface area contributed by atoms with Gasteiger partial charge in [-0.2, -0.15) is 0 Å². The van der Waals surface area contributed by atoms with Crippen LogP contribution in [0.5, 0.6) is 11.5 Å². The molecule has 7 heteroatoms. The maximum Gasteiger partial charge on any atom is 0.257 e.